The molecule has 1 aromatic carbocycles. The van der Waals surface area contributed by atoms with Gasteiger partial charge in [0.2, 0.25) is 11.8 Å². The third-order valence-corrected chi connectivity index (χ3v) is 6.72. The highest BCUT2D eigenvalue weighted by Gasteiger charge is 2.33. The van der Waals surface area contributed by atoms with Crippen molar-refractivity contribution in [1.29, 1.82) is 0 Å². The summed E-state index contributed by atoms with van der Waals surface area (Å²) in [6.07, 6.45) is 0.850. The summed E-state index contributed by atoms with van der Waals surface area (Å²) in [5.41, 5.74) is 2.44. The van der Waals surface area contributed by atoms with Gasteiger partial charge in [0, 0.05) is 24.9 Å². The summed E-state index contributed by atoms with van der Waals surface area (Å²) in [6, 6.07) is 10.1. The second-order valence-corrected chi connectivity index (χ2v) is 9.98. The van der Waals surface area contributed by atoms with Crippen molar-refractivity contribution in [2.45, 2.75) is 53.0 Å². The summed E-state index contributed by atoms with van der Waals surface area (Å²) >= 11 is 1.74. The van der Waals surface area contributed by atoms with Gasteiger partial charge < -0.3 is 14.5 Å². The van der Waals surface area contributed by atoms with Crippen molar-refractivity contribution in [3.8, 4) is 5.75 Å². The van der Waals surface area contributed by atoms with E-state index in [2.05, 4.69) is 51.3 Å². The minimum atomic E-state index is -0.139. The van der Waals surface area contributed by atoms with Gasteiger partial charge in [0.05, 0.1) is 12.6 Å². The van der Waals surface area contributed by atoms with Crippen LogP contribution in [0.2, 0.25) is 0 Å². The van der Waals surface area contributed by atoms with Crippen molar-refractivity contribution in [2.24, 2.45) is 5.92 Å². The lowest BCUT2D eigenvalue weighted by atomic mass is 10.00. The van der Waals surface area contributed by atoms with Crippen LogP contribution in [0.25, 0.3) is 0 Å². The molecule has 1 aromatic heterocycles. The molecule has 1 unspecified atom stereocenters. The molecule has 0 N–H and O–H groups in total. The zero-order valence-corrected chi connectivity index (χ0v) is 20.1. The smallest absolute Gasteiger partial charge is 0.242 e. The fraction of sp³-hybridized carbons (Fsp3) is 0.520. The first-order valence-electron chi connectivity index (χ1n) is 11.1. The number of amides is 2. The van der Waals surface area contributed by atoms with E-state index in [1.54, 1.807) is 16.2 Å². The van der Waals surface area contributed by atoms with Crippen molar-refractivity contribution in [3.63, 3.8) is 0 Å². The van der Waals surface area contributed by atoms with Crippen LogP contribution in [0.15, 0.2) is 35.7 Å². The average Bonchev–Trinajstić information content (AvgIpc) is 3.20. The van der Waals surface area contributed by atoms with E-state index >= 15 is 0 Å². The Morgan fingerprint density at radius 1 is 1.16 bits per heavy atom. The van der Waals surface area contributed by atoms with Crippen LogP contribution in [0.4, 0.5) is 0 Å². The van der Waals surface area contributed by atoms with Crippen molar-refractivity contribution < 1.29 is 14.3 Å². The summed E-state index contributed by atoms with van der Waals surface area (Å²) in [6.45, 7) is 11.7. The van der Waals surface area contributed by atoms with Gasteiger partial charge in [-0.05, 0) is 53.0 Å². The molecule has 5 nitrogen and oxygen atoms in total. The van der Waals surface area contributed by atoms with Crippen LogP contribution in [0.1, 0.15) is 62.6 Å². The molecule has 168 valence electrons. The molecular weight excluding hydrogens is 408 g/mol. The lowest BCUT2D eigenvalue weighted by Crippen LogP contribution is -2.48. The average molecular weight is 443 g/mol. The first kappa shape index (κ1) is 23.3. The Morgan fingerprint density at radius 2 is 1.87 bits per heavy atom. The Morgan fingerprint density at radius 3 is 2.48 bits per heavy atom. The molecule has 1 aliphatic rings. The number of benzene rings is 1. The van der Waals surface area contributed by atoms with Gasteiger partial charge in [-0.1, -0.05) is 39.8 Å². The third kappa shape index (κ3) is 5.88. The molecule has 2 heterocycles. The Labute approximate surface area is 190 Å². The number of hydrogen-bond acceptors (Lipinski definition) is 4. The van der Waals surface area contributed by atoms with Crippen LogP contribution in [0, 0.1) is 5.92 Å². The first-order valence-corrected chi connectivity index (χ1v) is 12.0. The van der Waals surface area contributed by atoms with Crippen LogP contribution in [0.3, 0.4) is 0 Å². The van der Waals surface area contributed by atoms with Gasteiger partial charge in [0.15, 0.2) is 0 Å². The molecule has 0 spiro atoms. The number of carbonyl (C=O) groups excluding carboxylic acids is 2. The van der Waals surface area contributed by atoms with E-state index in [1.165, 1.54) is 22.9 Å². The Bertz CT molecular complexity index is 888. The second-order valence-electron chi connectivity index (χ2n) is 8.98. The van der Waals surface area contributed by atoms with Gasteiger partial charge in [-0.15, -0.1) is 11.3 Å². The molecule has 0 fully saturated rings. The van der Waals surface area contributed by atoms with Crippen molar-refractivity contribution >= 4 is 23.2 Å². The number of hydrogen-bond donors (Lipinski definition) is 0. The molecule has 0 aliphatic carbocycles. The van der Waals surface area contributed by atoms with Crippen LogP contribution >= 0.6 is 11.3 Å². The maximum Gasteiger partial charge on any atom is 0.242 e. The summed E-state index contributed by atoms with van der Waals surface area (Å²) in [5, 5.41) is 2.09. The molecule has 6 heteroatoms. The van der Waals surface area contributed by atoms with Crippen molar-refractivity contribution in [1.82, 2.24) is 9.80 Å². The topological polar surface area (TPSA) is 49.9 Å². The predicted molar refractivity (Wildman–Crippen MR) is 126 cm³/mol. The molecular formula is C25H34N2O3S. The fourth-order valence-electron chi connectivity index (χ4n) is 4.00. The summed E-state index contributed by atoms with van der Waals surface area (Å²) < 4.78 is 6.13. The van der Waals surface area contributed by atoms with Gasteiger partial charge >= 0.3 is 0 Å². The second kappa shape index (κ2) is 10.3. The highest BCUT2D eigenvalue weighted by Crippen LogP contribution is 2.34. The van der Waals surface area contributed by atoms with Gasteiger partial charge in [0.1, 0.15) is 12.4 Å². The van der Waals surface area contributed by atoms with Gasteiger partial charge in [-0.25, -0.2) is 0 Å². The molecule has 2 aromatic rings. The molecule has 0 saturated carbocycles. The number of thiophene rings is 1. The van der Waals surface area contributed by atoms with Gasteiger partial charge in [-0.2, -0.15) is 0 Å². The zero-order chi connectivity index (χ0) is 22.5. The number of ether oxygens (including phenoxy) is 1. The highest BCUT2D eigenvalue weighted by molar-refractivity contribution is 7.10. The van der Waals surface area contributed by atoms with E-state index in [-0.39, 0.29) is 24.4 Å². The first-order chi connectivity index (χ1) is 14.8. The van der Waals surface area contributed by atoms with E-state index in [1.807, 2.05) is 17.0 Å². The van der Waals surface area contributed by atoms with Crippen LogP contribution in [-0.4, -0.2) is 47.9 Å². The molecule has 2 amide bonds. The predicted octanol–water partition coefficient (Wildman–Crippen LogP) is 4.88. The molecule has 1 aliphatic heterocycles. The quantitative estimate of drug-likeness (QED) is 0.585. The molecule has 31 heavy (non-hydrogen) atoms. The minimum absolute atomic E-state index is 0.0172. The monoisotopic (exact) mass is 442 g/mol. The molecule has 0 saturated heterocycles. The Balaban J connectivity index is 1.74. The third-order valence-electron chi connectivity index (χ3n) is 5.73. The Hall–Kier alpha value is -2.34. The van der Waals surface area contributed by atoms with Crippen LogP contribution in [-0.2, 0) is 16.0 Å². The van der Waals surface area contributed by atoms with E-state index in [9.17, 15) is 9.59 Å². The summed E-state index contributed by atoms with van der Waals surface area (Å²) in [7, 11) is 0. The molecule has 0 radical (unpaired) electrons. The molecule has 1 atom stereocenters. The Kier molecular flexibility index (Phi) is 7.76. The van der Waals surface area contributed by atoms with Gasteiger partial charge in [-0.3, -0.25) is 9.59 Å². The zero-order valence-electron chi connectivity index (χ0n) is 19.3. The number of fused-ring (bicyclic) bond motifs is 1. The fourth-order valence-corrected chi connectivity index (χ4v) is 4.93. The van der Waals surface area contributed by atoms with E-state index in [0.717, 1.165) is 12.2 Å². The van der Waals surface area contributed by atoms with Crippen molar-refractivity contribution in [2.75, 3.05) is 26.2 Å². The van der Waals surface area contributed by atoms with Crippen LogP contribution < -0.4 is 4.74 Å². The normalized spacial score (nSPS) is 15.8. The standard InChI is InChI=1S/C25H34N2O3S/c1-17(2)14-26(19(5)28)15-25(29)27-12-10-24-22(11-13-31-24)23(27)16-30-21-8-6-20(7-9-21)18(3)4/h6-9,11,13,17-18,23H,10,12,14-16H2,1-5H3. The van der Waals surface area contributed by atoms with Gasteiger partial charge in [0.25, 0.3) is 0 Å². The van der Waals surface area contributed by atoms with E-state index in [4.69, 9.17) is 4.74 Å². The lowest BCUT2D eigenvalue weighted by Gasteiger charge is -2.37. The largest absolute Gasteiger partial charge is 0.491 e. The lowest BCUT2D eigenvalue weighted by molar-refractivity contribution is -0.142. The molecule has 0 bridgehead atoms. The summed E-state index contributed by atoms with van der Waals surface area (Å²) in [4.78, 5) is 30.2. The number of nitrogens with zero attached hydrogens (tertiary/aromatic N) is 2. The summed E-state index contributed by atoms with van der Waals surface area (Å²) in [5.74, 6) is 1.52. The molecule has 3 rings (SSSR count). The highest BCUT2D eigenvalue weighted by atomic mass is 32.1. The van der Waals surface area contributed by atoms with Crippen LogP contribution in [0.5, 0.6) is 5.75 Å². The number of carbonyl (C=O) groups is 2. The maximum absolute atomic E-state index is 13.2. The minimum Gasteiger partial charge on any atom is -0.491 e. The number of rotatable bonds is 8. The SMILES string of the molecule is CC(=O)N(CC(=O)N1CCc2sccc2C1COc1ccc(C(C)C)cc1)CC(C)C. The van der Waals surface area contributed by atoms with Crippen molar-refractivity contribution in [3.05, 3.63) is 51.7 Å². The van der Waals surface area contributed by atoms with E-state index in [0.29, 0.717) is 31.5 Å². The van der Waals surface area contributed by atoms with E-state index < -0.39 is 0 Å². The maximum atomic E-state index is 13.2.